The summed E-state index contributed by atoms with van der Waals surface area (Å²) in [7, 11) is 2.05. The molecule has 2 rings (SSSR count). The summed E-state index contributed by atoms with van der Waals surface area (Å²) in [6.45, 7) is 2.10. The number of hydrogen-bond acceptors (Lipinski definition) is 1. The Balaban J connectivity index is 2.95. The topological polar surface area (TPSA) is 17.8 Å². The summed E-state index contributed by atoms with van der Waals surface area (Å²) in [4.78, 5) is 4.07. The highest BCUT2D eigenvalue weighted by Gasteiger charge is 1.99. The van der Waals surface area contributed by atoms with E-state index in [1.54, 1.807) is 0 Å². The number of aromatic nitrogens is 2. The lowest BCUT2D eigenvalue weighted by atomic mass is 10.2. The van der Waals surface area contributed by atoms with Crippen molar-refractivity contribution in [3.8, 4) is 0 Å². The Morgan fingerprint density at radius 2 is 2.27 bits per heavy atom. The number of nitrogens with zero attached hydrogens (tertiary/aromatic N) is 2. The van der Waals surface area contributed by atoms with Gasteiger partial charge in [-0.3, -0.25) is 4.98 Å². The summed E-state index contributed by atoms with van der Waals surface area (Å²) >= 11 is 0. The van der Waals surface area contributed by atoms with Gasteiger partial charge in [0.2, 0.25) is 0 Å². The molecule has 0 spiro atoms. The van der Waals surface area contributed by atoms with Gasteiger partial charge in [-0.2, -0.15) is 0 Å². The van der Waals surface area contributed by atoms with E-state index < -0.39 is 0 Å². The summed E-state index contributed by atoms with van der Waals surface area (Å²) in [6.07, 6.45) is 5.85. The second-order valence-corrected chi connectivity index (χ2v) is 2.82. The molecule has 0 radical (unpaired) electrons. The molecule has 11 heavy (non-hydrogen) atoms. The average Bonchev–Trinajstić information content (AvgIpc) is 2.30. The van der Waals surface area contributed by atoms with Gasteiger partial charge < -0.3 is 4.57 Å². The first-order valence-corrected chi connectivity index (χ1v) is 3.64. The maximum Gasteiger partial charge on any atom is 0.0511 e. The molecule has 0 unspecified atom stereocenters. The van der Waals surface area contributed by atoms with Crippen LogP contribution in [0.1, 0.15) is 5.56 Å². The molecule has 0 saturated carbocycles. The molecule has 0 amide bonds. The molecule has 0 fully saturated rings. The standard InChI is InChI=1S/C9H10N2/c1-7-6-11(2)9-3-4-10-5-8(7)9/h3-6H,1-2H3. The fourth-order valence-corrected chi connectivity index (χ4v) is 1.43. The van der Waals surface area contributed by atoms with E-state index in [1.807, 2.05) is 18.5 Å². The molecular formula is C9H10N2. The van der Waals surface area contributed by atoms with Gasteiger partial charge in [-0.25, -0.2) is 0 Å². The van der Waals surface area contributed by atoms with Crippen molar-refractivity contribution in [3.63, 3.8) is 0 Å². The number of pyridine rings is 1. The van der Waals surface area contributed by atoms with E-state index in [4.69, 9.17) is 0 Å². The van der Waals surface area contributed by atoms with Gasteiger partial charge in [0, 0.05) is 31.0 Å². The maximum atomic E-state index is 4.07. The van der Waals surface area contributed by atoms with E-state index in [2.05, 4.69) is 29.7 Å². The number of hydrogen-bond donors (Lipinski definition) is 0. The molecule has 2 aromatic heterocycles. The molecule has 0 aliphatic carbocycles. The minimum Gasteiger partial charge on any atom is -0.350 e. The zero-order valence-electron chi connectivity index (χ0n) is 6.70. The van der Waals surface area contributed by atoms with Gasteiger partial charge in [-0.05, 0) is 18.6 Å². The van der Waals surface area contributed by atoms with Crippen LogP contribution < -0.4 is 0 Å². The SMILES string of the molecule is Cc1cn(C)c2ccncc12. The quantitative estimate of drug-likeness (QED) is 0.555. The molecule has 0 saturated heterocycles. The van der Waals surface area contributed by atoms with Crippen LogP contribution >= 0.6 is 0 Å². The Morgan fingerprint density at radius 1 is 1.45 bits per heavy atom. The summed E-state index contributed by atoms with van der Waals surface area (Å²) in [5.41, 5.74) is 2.54. The van der Waals surface area contributed by atoms with Gasteiger partial charge in [0.05, 0.1) is 5.52 Å². The van der Waals surface area contributed by atoms with Crippen LogP contribution in [0.15, 0.2) is 24.7 Å². The van der Waals surface area contributed by atoms with E-state index in [9.17, 15) is 0 Å². The van der Waals surface area contributed by atoms with Gasteiger partial charge in [0.1, 0.15) is 0 Å². The van der Waals surface area contributed by atoms with Crippen LogP contribution in [0, 0.1) is 6.92 Å². The van der Waals surface area contributed by atoms with Crippen LogP contribution in [0.5, 0.6) is 0 Å². The Labute approximate surface area is 65.5 Å². The van der Waals surface area contributed by atoms with Gasteiger partial charge >= 0.3 is 0 Å². The van der Waals surface area contributed by atoms with E-state index in [0.717, 1.165) is 0 Å². The van der Waals surface area contributed by atoms with Gasteiger partial charge in [-0.1, -0.05) is 0 Å². The van der Waals surface area contributed by atoms with E-state index in [1.165, 1.54) is 16.5 Å². The predicted octanol–water partition coefficient (Wildman–Crippen LogP) is 1.88. The Morgan fingerprint density at radius 3 is 3.00 bits per heavy atom. The third kappa shape index (κ3) is 0.827. The first-order chi connectivity index (χ1) is 5.29. The highest BCUT2D eigenvalue weighted by Crippen LogP contribution is 2.17. The number of rotatable bonds is 0. The monoisotopic (exact) mass is 146 g/mol. The minimum absolute atomic E-state index is 1.25. The zero-order chi connectivity index (χ0) is 7.84. The molecule has 0 bridgehead atoms. The van der Waals surface area contributed by atoms with Crippen molar-refractivity contribution in [1.29, 1.82) is 0 Å². The minimum atomic E-state index is 1.25. The normalized spacial score (nSPS) is 10.7. The highest BCUT2D eigenvalue weighted by atomic mass is 14.9. The van der Waals surface area contributed by atoms with Crippen LogP contribution in [0.2, 0.25) is 0 Å². The second-order valence-electron chi connectivity index (χ2n) is 2.82. The lowest BCUT2D eigenvalue weighted by molar-refractivity contribution is 0.963. The Bertz CT molecular complexity index is 351. The molecule has 56 valence electrons. The first kappa shape index (κ1) is 6.40. The first-order valence-electron chi connectivity index (χ1n) is 3.64. The smallest absolute Gasteiger partial charge is 0.0511 e. The predicted molar refractivity (Wildman–Crippen MR) is 45.5 cm³/mol. The Kier molecular flexibility index (Phi) is 1.22. The molecule has 2 heteroatoms. The van der Waals surface area contributed by atoms with Crippen molar-refractivity contribution in [2.45, 2.75) is 6.92 Å². The van der Waals surface area contributed by atoms with E-state index in [-0.39, 0.29) is 0 Å². The fraction of sp³-hybridized carbons (Fsp3) is 0.222. The van der Waals surface area contributed by atoms with Gasteiger partial charge in [-0.15, -0.1) is 0 Å². The van der Waals surface area contributed by atoms with Crippen molar-refractivity contribution >= 4 is 10.9 Å². The molecule has 0 aliphatic rings. The Hall–Kier alpha value is -1.31. The summed E-state index contributed by atoms with van der Waals surface area (Å²) in [5, 5.41) is 1.25. The van der Waals surface area contributed by atoms with E-state index in [0.29, 0.717) is 0 Å². The number of aryl methyl sites for hydroxylation is 2. The fourth-order valence-electron chi connectivity index (χ4n) is 1.43. The maximum absolute atomic E-state index is 4.07. The van der Waals surface area contributed by atoms with E-state index >= 15 is 0 Å². The molecule has 0 aromatic carbocycles. The molecule has 0 atom stereocenters. The second kappa shape index (κ2) is 2.09. The van der Waals surface area contributed by atoms with Crippen LogP contribution in [-0.2, 0) is 7.05 Å². The number of fused-ring (bicyclic) bond motifs is 1. The van der Waals surface area contributed by atoms with Crippen molar-refractivity contribution in [1.82, 2.24) is 9.55 Å². The van der Waals surface area contributed by atoms with Crippen molar-refractivity contribution in [3.05, 3.63) is 30.2 Å². The summed E-state index contributed by atoms with van der Waals surface area (Å²) in [6, 6.07) is 2.03. The summed E-state index contributed by atoms with van der Waals surface area (Å²) in [5.74, 6) is 0. The third-order valence-corrected chi connectivity index (χ3v) is 1.99. The highest BCUT2D eigenvalue weighted by molar-refractivity contribution is 5.82. The van der Waals surface area contributed by atoms with Gasteiger partial charge in [0.15, 0.2) is 0 Å². The third-order valence-electron chi connectivity index (χ3n) is 1.99. The van der Waals surface area contributed by atoms with Crippen molar-refractivity contribution in [2.24, 2.45) is 7.05 Å². The van der Waals surface area contributed by atoms with Crippen LogP contribution in [-0.4, -0.2) is 9.55 Å². The van der Waals surface area contributed by atoms with Crippen LogP contribution in [0.25, 0.3) is 10.9 Å². The molecular weight excluding hydrogens is 136 g/mol. The van der Waals surface area contributed by atoms with Gasteiger partial charge in [0.25, 0.3) is 0 Å². The largest absolute Gasteiger partial charge is 0.350 e. The van der Waals surface area contributed by atoms with Crippen LogP contribution in [0.4, 0.5) is 0 Å². The molecule has 0 aliphatic heterocycles. The lowest BCUT2D eigenvalue weighted by Crippen LogP contribution is -1.82. The lowest BCUT2D eigenvalue weighted by Gasteiger charge is -1.92. The molecule has 2 aromatic rings. The summed E-state index contributed by atoms with van der Waals surface area (Å²) < 4.78 is 2.12. The van der Waals surface area contributed by atoms with Crippen molar-refractivity contribution in [2.75, 3.05) is 0 Å². The average molecular weight is 146 g/mol. The molecule has 0 N–H and O–H groups in total. The molecule has 2 heterocycles. The van der Waals surface area contributed by atoms with Crippen LogP contribution in [0.3, 0.4) is 0 Å². The van der Waals surface area contributed by atoms with Crippen molar-refractivity contribution < 1.29 is 0 Å². The molecule has 2 nitrogen and oxygen atoms in total. The zero-order valence-corrected chi connectivity index (χ0v) is 6.70.